The van der Waals surface area contributed by atoms with Gasteiger partial charge in [-0.1, -0.05) is 279 Å². The molecule has 0 fully saturated rings. The van der Waals surface area contributed by atoms with Crippen molar-refractivity contribution >= 4 is 182 Å². The SMILES string of the molecule is Fc1ccc(-c2ccc([S-])c(-c3nc4ccccc4s3)c2)cc1.Fc1ccc(-c2ccc([S-])c(-c3nc4ccccc4s3)c2)cc1.Oc1cccc2cccnc12.Oc1ccccc1-c1nc2ccccc2n1-c1ccccc1.Oc1ccccc1-c1nc2ccccc2s1.[S-]c1ccccc1-c1ccccn1.[S-]c1ccccc1-c1nc2ccccc2n1-c1ccccc1.[S-]c1ccccc1-c1nc2ccccc2s1.[Zn+2].[Zn+2].[Zn].[Zn]. The van der Waals surface area contributed by atoms with E-state index in [0.29, 0.717) is 5.52 Å². The smallest absolute Gasteiger partial charge is 0.779 e. The van der Waals surface area contributed by atoms with Crippen molar-refractivity contribution in [3.8, 4) is 127 Å². The molecule has 0 aliphatic heterocycles. The Labute approximate surface area is 959 Å². The van der Waals surface area contributed by atoms with Crippen molar-refractivity contribution in [3.05, 3.63) is 485 Å². The number of aromatic nitrogens is 10. The van der Waals surface area contributed by atoms with Crippen LogP contribution < -0.4 is 0 Å². The number of fused-ring (bicyclic) bond motifs is 7. The van der Waals surface area contributed by atoms with E-state index in [-0.39, 0.29) is 107 Å². The van der Waals surface area contributed by atoms with Gasteiger partial charge in [0.05, 0.1) is 79.8 Å². The standard InChI is InChI=1S/2C19H12FNS2.C19H14N2O.C19H14N2S.C13H9NOS.C13H9NS2.C11H9NS.C9H7NO.4Zn/c2*20-14-8-5-12(6-9-14)13-7-10-17(22)15(11-13)19-21-16-3-1-2-4-18(16)23-19;2*22-18-13-7-4-10-15(18)19-20-16-11-5-6-12-17(16)21(19)14-8-2-1-3-9-14;2*15-11-7-3-1-5-9(11)13-14-10-6-2-4-8-12(10)16-13;13-11-7-2-1-5-9(11)10-6-3-4-8-12-10;11-8-5-1-3-7-4-2-6-10-9(7)8;;;;/h2*1-11,22H;2*1-13,22H;2*1-8,15H;1-8,13H;1-6,11H;;;;/q;;;;;;;;;;2*+2/p-5. The molecule has 8 heterocycles. The van der Waals surface area contributed by atoms with E-state index in [1.54, 1.807) is 106 Å². The van der Waals surface area contributed by atoms with E-state index < -0.39 is 0 Å². The van der Waals surface area contributed by atoms with Gasteiger partial charge in [0.25, 0.3) is 0 Å². The maximum atomic E-state index is 13.1. The van der Waals surface area contributed by atoms with Crippen LogP contribution in [0.4, 0.5) is 8.78 Å². The molecular formula is C122H81F2N10O3S9Zn4-. The summed E-state index contributed by atoms with van der Waals surface area (Å²) in [5, 5.41) is 33.9. The molecule has 13 nitrogen and oxygen atoms in total. The number of benzene rings is 18. The van der Waals surface area contributed by atoms with Gasteiger partial charge in [-0.25, -0.2) is 38.7 Å². The van der Waals surface area contributed by atoms with Crippen LogP contribution in [0.15, 0.2) is 498 Å². The predicted molar refractivity (Wildman–Crippen MR) is 609 cm³/mol. The molecule has 18 aromatic carbocycles. The Morgan fingerprint density at radius 1 is 0.233 bits per heavy atom. The molecule has 26 aromatic rings. The molecule has 0 amide bonds. The number of hydrogen-bond donors (Lipinski definition) is 3. The second kappa shape index (κ2) is 52.8. The molecule has 0 unspecified atom stereocenters. The van der Waals surface area contributed by atoms with Crippen LogP contribution >= 0.6 is 45.3 Å². The monoisotopic (exact) mass is 2320 g/mol. The first-order valence-electron chi connectivity index (χ1n) is 46.0. The van der Waals surface area contributed by atoms with Crippen molar-refractivity contribution in [1.29, 1.82) is 0 Å². The molecule has 714 valence electrons. The molecule has 0 spiro atoms. The van der Waals surface area contributed by atoms with Crippen molar-refractivity contribution in [2.75, 3.05) is 0 Å². The van der Waals surface area contributed by atoms with Gasteiger partial charge in [-0.05, 0) is 232 Å². The Kier molecular flexibility index (Phi) is 38.8. The van der Waals surface area contributed by atoms with Crippen LogP contribution in [0, 0.1) is 11.6 Å². The number of aromatic hydroxyl groups is 3. The number of para-hydroxylation sites is 13. The number of rotatable bonds is 11. The van der Waals surface area contributed by atoms with E-state index in [4.69, 9.17) is 73.1 Å². The molecule has 0 radical (unpaired) electrons. The summed E-state index contributed by atoms with van der Waals surface area (Å²) < 4.78 is 35.1. The summed E-state index contributed by atoms with van der Waals surface area (Å²) in [7, 11) is 0. The maximum Gasteiger partial charge on any atom is 2.00 e. The first-order chi connectivity index (χ1) is 71.5. The molecular weight excluding hydrogens is 2240 g/mol. The molecule has 28 heteroatoms. The van der Waals surface area contributed by atoms with E-state index in [0.717, 1.165) is 198 Å². The van der Waals surface area contributed by atoms with Crippen molar-refractivity contribution in [3.63, 3.8) is 0 Å². The second-order valence-electron chi connectivity index (χ2n) is 32.7. The fraction of sp³-hybridized carbons (Fsp3) is 0. The van der Waals surface area contributed by atoms with Gasteiger partial charge in [0, 0.05) is 68.1 Å². The molecule has 0 saturated carbocycles. The third-order valence-corrected chi connectivity index (χ3v) is 29.1. The number of halogens is 2. The summed E-state index contributed by atoms with van der Waals surface area (Å²) in [6, 6.07) is 147. The van der Waals surface area contributed by atoms with E-state index in [2.05, 4.69) is 75.4 Å². The van der Waals surface area contributed by atoms with Gasteiger partial charge in [-0.2, -0.15) is 24.5 Å². The van der Waals surface area contributed by atoms with E-state index in [1.165, 1.54) is 29.0 Å². The topological polar surface area (TPSA) is 174 Å². The summed E-state index contributed by atoms with van der Waals surface area (Å²) in [6.45, 7) is 0. The van der Waals surface area contributed by atoms with Crippen molar-refractivity contribution in [2.45, 2.75) is 24.5 Å². The molecule has 0 atom stereocenters. The van der Waals surface area contributed by atoms with Gasteiger partial charge in [0.2, 0.25) is 0 Å². The van der Waals surface area contributed by atoms with Crippen LogP contribution in [-0.2, 0) is 141 Å². The minimum absolute atomic E-state index is 0. The number of thiazole rings is 4. The molecule has 0 bridgehead atoms. The summed E-state index contributed by atoms with van der Waals surface area (Å²) in [5.41, 5.74) is 22.1. The quantitative estimate of drug-likeness (QED) is 0.0823. The first-order valence-corrected chi connectivity index (χ1v) is 51.3. The van der Waals surface area contributed by atoms with Crippen LogP contribution in [-0.4, -0.2) is 64.3 Å². The molecule has 0 aliphatic rings. The van der Waals surface area contributed by atoms with Gasteiger partial charge >= 0.3 is 39.0 Å². The molecule has 3 N–H and O–H groups in total. The maximum absolute atomic E-state index is 13.1. The number of nitrogens with zero attached hydrogens (tertiary/aromatic N) is 10. The Hall–Kier alpha value is -14.1. The van der Waals surface area contributed by atoms with Gasteiger partial charge in [-0.3, -0.25) is 19.1 Å². The summed E-state index contributed by atoms with van der Waals surface area (Å²) in [6.07, 6.45) is 3.44. The van der Waals surface area contributed by atoms with Crippen molar-refractivity contribution in [1.82, 2.24) is 49.0 Å². The van der Waals surface area contributed by atoms with Gasteiger partial charge in [0.15, 0.2) is 0 Å². The number of pyridine rings is 2. The Balaban J connectivity index is 0.000000129. The molecule has 150 heavy (non-hydrogen) atoms. The Morgan fingerprint density at radius 2 is 0.547 bits per heavy atom. The summed E-state index contributed by atoms with van der Waals surface area (Å²) in [4.78, 5) is 40.4. The number of imidazole rings is 2. The van der Waals surface area contributed by atoms with Crippen molar-refractivity contribution in [2.24, 2.45) is 0 Å². The predicted octanol–water partition coefficient (Wildman–Crippen LogP) is 32.5. The fourth-order valence-corrected chi connectivity index (χ4v) is 21.3. The summed E-state index contributed by atoms with van der Waals surface area (Å²) >= 11 is 33.5. The van der Waals surface area contributed by atoms with Gasteiger partial charge in [-0.15, -0.1) is 45.3 Å². The molecule has 0 aliphatic carbocycles. The minimum Gasteiger partial charge on any atom is -0.779 e. The molecule has 26 rings (SSSR count). The first kappa shape index (κ1) is 110. The van der Waals surface area contributed by atoms with Crippen LogP contribution in [0.2, 0.25) is 0 Å². The molecule has 0 saturated heterocycles. The van der Waals surface area contributed by atoms with Crippen LogP contribution in [0.3, 0.4) is 0 Å². The number of phenols is 3. The zero-order valence-electron chi connectivity index (χ0n) is 80.1. The van der Waals surface area contributed by atoms with E-state index >= 15 is 0 Å². The zero-order valence-corrected chi connectivity index (χ0v) is 99.3. The zero-order chi connectivity index (χ0) is 100. The van der Waals surface area contributed by atoms with Crippen molar-refractivity contribution < 1.29 is 102 Å². The second-order valence-corrected chi connectivity index (χ2v) is 39.0. The Bertz CT molecular complexity index is 8450. The fourth-order valence-electron chi connectivity index (χ4n) is 16.0. The summed E-state index contributed by atoms with van der Waals surface area (Å²) in [5.74, 6) is 1.91. The third kappa shape index (κ3) is 26.6. The van der Waals surface area contributed by atoms with E-state index in [9.17, 15) is 24.1 Å². The normalized spacial score (nSPS) is 10.5. The average Bonchev–Trinajstić information content (AvgIpc) is 1.61. The van der Waals surface area contributed by atoms with Crippen LogP contribution in [0.25, 0.3) is 184 Å². The largest absolute Gasteiger partial charge is 2.00 e. The molecule has 8 aromatic heterocycles. The van der Waals surface area contributed by atoms with Gasteiger partial charge < -0.3 is 78.5 Å². The average molecular weight is 2320 g/mol. The minimum atomic E-state index is -0.236. The van der Waals surface area contributed by atoms with E-state index in [1.807, 2.05) is 352 Å². The number of phenolic OH excluding ortho intramolecular Hbond substituents is 3. The van der Waals surface area contributed by atoms with Gasteiger partial charge in [0.1, 0.15) is 66.1 Å². The Morgan fingerprint density at radius 3 is 0.953 bits per heavy atom. The van der Waals surface area contributed by atoms with Crippen LogP contribution in [0.5, 0.6) is 17.2 Å². The number of hydrogen-bond acceptors (Lipinski definition) is 20. The third-order valence-electron chi connectivity index (χ3n) is 23.1. The van der Waals surface area contributed by atoms with Crippen LogP contribution in [0.1, 0.15) is 0 Å².